The summed E-state index contributed by atoms with van der Waals surface area (Å²) in [6.07, 6.45) is -11.2. The van der Waals surface area contributed by atoms with Crippen LogP contribution in [0.4, 0.5) is 0 Å². The molecule has 30 heavy (non-hydrogen) atoms. The van der Waals surface area contributed by atoms with Gasteiger partial charge in [0, 0.05) is 6.42 Å². The van der Waals surface area contributed by atoms with Crippen molar-refractivity contribution in [3.63, 3.8) is 0 Å². The fourth-order valence-corrected chi connectivity index (χ4v) is 3.96. The van der Waals surface area contributed by atoms with Crippen LogP contribution in [0.3, 0.4) is 0 Å². The van der Waals surface area contributed by atoms with E-state index in [1.165, 1.54) is 0 Å². The highest BCUT2D eigenvalue weighted by atomic mass is 16.8. The summed E-state index contributed by atoms with van der Waals surface area (Å²) in [6.45, 7) is -0.957. The zero-order valence-corrected chi connectivity index (χ0v) is 16.7. The van der Waals surface area contributed by atoms with Gasteiger partial charge in [0.15, 0.2) is 11.7 Å². The van der Waals surface area contributed by atoms with Crippen molar-refractivity contribution in [3.05, 3.63) is 0 Å². The molecule has 176 valence electrons. The highest BCUT2D eigenvalue weighted by Gasteiger charge is 2.74. The lowest BCUT2D eigenvalue weighted by atomic mass is 9.78. The van der Waals surface area contributed by atoms with Gasteiger partial charge in [-0.1, -0.05) is 19.8 Å². The zero-order valence-electron chi connectivity index (χ0n) is 16.7. The molecule has 12 heteroatoms. The van der Waals surface area contributed by atoms with E-state index in [2.05, 4.69) is 0 Å². The number of carbonyl (C=O) groups excluding carboxylic acids is 1. The zero-order chi connectivity index (χ0) is 22.7. The van der Waals surface area contributed by atoms with E-state index < -0.39 is 79.9 Å². The van der Waals surface area contributed by atoms with E-state index in [9.17, 15) is 45.6 Å². The lowest BCUT2D eigenvalue weighted by molar-refractivity contribution is -0.415. The number of hydrogen-bond acceptors (Lipinski definition) is 12. The van der Waals surface area contributed by atoms with E-state index >= 15 is 0 Å². The topological polar surface area (TPSA) is 207 Å². The molecular weight excluding hydrogens is 408 g/mol. The number of unbranched alkanes of at least 4 members (excludes halogenated alkanes) is 2. The summed E-state index contributed by atoms with van der Waals surface area (Å²) in [4.78, 5) is 12.5. The maximum atomic E-state index is 12.5. The number of hydrogen-bond donors (Lipinski definition) is 8. The average molecular weight is 440 g/mol. The van der Waals surface area contributed by atoms with Crippen molar-refractivity contribution in [3.8, 4) is 0 Å². The summed E-state index contributed by atoms with van der Waals surface area (Å²) >= 11 is 0. The van der Waals surface area contributed by atoms with Crippen LogP contribution in [0, 0.1) is 0 Å². The summed E-state index contributed by atoms with van der Waals surface area (Å²) in [6, 6.07) is 0. The Morgan fingerprint density at radius 3 is 1.97 bits per heavy atom. The van der Waals surface area contributed by atoms with Gasteiger partial charge in [0.25, 0.3) is 5.79 Å². The van der Waals surface area contributed by atoms with Crippen LogP contribution in [0.25, 0.3) is 0 Å². The van der Waals surface area contributed by atoms with Gasteiger partial charge < -0.3 is 55.1 Å². The summed E-state index contributed by atoms with van der Waals surface area (Å²) < 4.78 is 16.3. The molecule has 2 fully saturated rings. The third-order valence-electron chi connectivity index (χ3n) is 5.75. The van der Waals surface area contributed by atoms with Gasteiger partial charge >= 0.3 is 5.97 Å². The molecule has 0 radical (unpaired) electrons. The van der Waals surface area contributed by atoms with Crippen molar-refractivity contribution >= 4 is 5.97 Å². The minimum Gasteiger partial charge on any atom is -0.427 e. The molecule has 8 N–H and O–H groups in total. The Hall–Kier alpha value is -0.930. The van der Waals surface area contributed by atoms with E-state index in [1.807, 2.05) is 6.92 Å². The molecule has 2 heterocycles. The van der Waals surface area contributed by atoms with Gasteiger partial charge in [-0.2, -0.15) is 0 Å². The Labute approximate surface area is 173 Å². The van der Waals surface area contributed by atoms with Gasteiger partial charge in [-0.25, -0.2) is 0 Å². The lowest BCUT2D eigenvalue weighted by Gasteiger charge is -2.54. The summed E-state index contributed by atoms with van der Waals surface area (Å²) in [5.74, 6) is -3.75. The van der Waals surface area contributed by atoms with Crippen LogP contribution in [0.15, 0.2) is 0 Å². The fourth-order valence-electron chi connectivity index (χ4n) is 3.96. The molecule has 9 atom stereocenters. The quantitative estimate of drug-likeness (QED) is 0.128. The number of aliphatic hydroxyl groups excluding tert-OH is 8. The highest BCUT2D eigenvalue weighted by molar-refractivity contribution is 5.70. The first-order valence-corrected chi connectivity index (χ1v) is 9.96. The molecule has 2 rings (SSSR count). The third kappa shape index (κ3) is 4.09. The molecule has 0 spiro atoms. The Balaban J connectivity index is 2.54. The molecule has 9 unspecified atom stereocenters. The van der Waals surface area contributed by atoms with E-state index in [0.717, 1.165) is 6.42 Å². The van der Waals surface area contributed by atoms with Crippen LogP contribution < -0.4 is 0 Å². The fraction of sp³-hybridized carbons (Fsp3) is 0.944. The highest BCUT2D eigenvalue weighted by Crippen LogP contribution is 2.48. The number of aliphatic hydroxyl groups is 8. The van der Waals surface area contributed by atoms with Crippen LogP contribution >= 0.6 is 0 Å². The Morgan fingerprint density at radius 2 is 1.47 bits per heavy atom. The third-order valence-corrected chi connectivity index (χ3v) is 5.75. The summed E-state index contributed by atoms with van der Waals surface area (Å²) in [5, 5.41) is 81.2. The monoisotopic (exact) mass is 440 g/mol. The number of ether oxygens (including phenoxy) is 3. The molecule has 0 saturated carbocycles. The van der Waals surface area contributed by atoms with Crippen molar-refractivity contribution in [1.29, 1.82) is 0 Å². The van der Waals surface area contributed by atoms with Gasteiger partial charge in [-0.05, 0) is 6.42 Å². The van der Waals surface area contributed by atoms with Gasteiger partial charge in [-0.15, -0.1) is 0 Å². The molecule has 2 aliphatic heterocycles. The second kappa shape index (κ2) is 10.1. The van der Waals surface area contributed by atoms with Crippen LogP contribution in [0.2, 0.25) is 0 Å². The lowest BCUT2D eigenvalue weighted by Crippen LogP contribution is -2.78. The predicted molar refractivity (Wildman–Crippen MR) is 96.7 cm³/mol. The van der Waals surface area contributed by atoms with Crippen molar-refractivity contribution in [2.24, 2.45) is 0 Å². The first-order valence-electron chi connectivity index (χ1n) is 9.96. The van der Waals surface area contributed by atoms with Crippen molar-refractivity contribution in [2.45, 2.75) is 86.7 Å². The Bertz CT molecular complexity index is 573. The summed E-state index contributed by atoms with van der Waals surface area (Å²) in [5.41, 5.74) is -2.55. The van der Waals surface area contributed by atoms with Crippen molar-refractivity contribution < 1.29 is 59.9 Å². The van der Waals surface area contributed by atoms with Gasteiger partial charge in [0.1, 0.15) is 36.6 Å². The van der Waals surface area contributed by atoms with E-state index in [0.29, 0.717) is 12.8 Å². The molecule has 0 aromatic heterocycles. The average Bonchev–Trinajstić information content (AvgIpc) is 3.00. The van der Waals surface area contributed by atoms with Crippen LogP contribution in [-0.2, 0) is 19.0 Å². The van der Waals surface area contributed by atoms with E-state index in [1.54, 1.807) is 0 Å². The van der Waals surface area contributed by atoms with Gasteiger partial charge in [-0.3, -0.25) is 4.79 Å². The first-order chi connectivity index (χ1) is 14.2. The standard InChI is InChI=1S/C18H32O12/c1-2-3-4-5-11(22)30-18(16(27)14(25)12(23)9(6-19)29-18)17(8-21)15(26)13(24)10(7-20)28-17/h9-10,12-16,19-21,23-27H,2-8H2,1H3. The van der Waals surface area contributed by atoms with Gasteiger partial charge in [0.2, 0.25) is 0 Å². The van der Waals surface area contributed by atoms with E-state index in [-0.39, 0.29) is 6.42 Å². The minimum atomic E-state index is -2.82. The number of carbonyl (C=O) groups is 1. The first kappa shape index (κ1) is 25.3. The second-order valence-electron chi connectivity index (χ2n) is 7.69. The molecule has 12 nitrogen and oxygen atoms in total. The molecule has 0 bridgehead atoms. The maximum absolute atomic E-state index is 12.5. The second-order valence-corrected chi connectivity index (χ2v) is 7.69. The molecule has 0 aliphatic carbocycles. The molecule has 0 amide bonds. The normalized spacial score (nSPS) is 44.2. The van der Waals surface area contributed by atoms with E-state index in [4.69, 9.17) is 14.2 Å². The summed E-state index contributed by atoms with van der Waals surface area (Å²) in [7, 11) is 0. The van der Waals surface area contributed by atoms with Crippen molar-refractivity contribution in [2.75, 3.05) is 19.8 Å². The molecule has 2 aliphatic rings. The van der Waals surface area contributed by atoms with Gasteiger partial charge in [0.05, 0.1) is 19.8 Å². The number of rotatable bonds is 9. The predicted octanol–water partition coefficient (Wildman–Crippen LogP) is -3.88. The smallest absolute Gasteiger partial charge is 0.308 e. The largest absolute Gasteiger partial charge is 0.427 e. The Morgan fingerprint density at radius 1 is 0.867 bits per heavy atom. The molecule has 2 saturated heterocycles. The van der Waals surface area contributed by atoms with Crippen LogP contribution in [0.1, 0.15) is 32.6 Å². The van der Waals surface area contributed by atoms with Crippen LogP contribution in [-0.4, -0.2) is 121 Å². The SMILES string of the molecule is CCCCCC(=O)OC1(C2(CO)OC(CO)C(O)C2O)OC(CO)C(O)C(O)C1O. The molecular formula is C18H32O12. The van der Waals surface area contributed by atoms with Crippen molar-refractivity contribution in [1.82, 2.24) is 0 Å². The van der Waals surface area contributed by atoms with Crippen LogP contribution in [0.5, 0.6) is 0 Å². The molecule has 0 aromatic carbocycles. The molecule has 0 aromatic rings. The minimum absolute atomic E-state index is 0.141. The number of esters is 1. The maximum Gasteiger partial charge on any atom is 0.308 e. The Kier molecular flexibility index (Phi) is 8.55.